The maximum atomic E-state index is 10.6. The van der Waals surface area contributed by atoms with Gasteiger partial charge in [-0.2, -0.15) is 0 Å². The number of aliphatic hydroxyl groups excluding tert-OH is 1. The van der Waals surface area contributed by atoms with Crippen LogP contribution < -0.4 is 5.73 Å². The Morgan fingerprint density at radius 2 is 1.41 bits per heavy atom. The highest BCUT2D eigenvalue weighted by molar-refractivity contribution is 5.74. The highest BCUT2D eigenvalue weighted by atomic mass is 16.4. The number of aliphatic hydroxyl groups is 1. The van der Waals surface area contributed by atoms with Gasteiger partial charge in [0.25, 0.3) is 0 Å². The Bertz CT molecular complexity index is 292. The van der Waals surface area contributed by atoms with Gasteiger partial charge in [0.2, 0.25) is 0 Å². The van der Waals surface area contributed by atoms with E-state index >= 15 is 0 Å². The quantitative estimate of drug-likeness (QED) is 0.315. The Hall–Kier alpha value is -0.870. The van der Waals surface area contributed by atoms with Crippen LogP contribution in [0, 0.1) is 0 Å². The van der Waals surface area contributed by atoms with E-state index in [0.29, 0.717) is 0 Å². The lowest BCUT2D eigenvalue weighted by Crippen LogP contribution is -2.40. The van der Waals surface area contributed by atoms with Gasteiger partial charge in [-0.25, -0.2) is 0 Å². The van der Waals surface area contributed by atoms with Gasteiger partial charge in [-0.1, -0.05) is 83.3 Å². The van der Waals surface area contributed by atoms with Crippen molar-refractivity contribution in [2.24, 2.45) is 5.73 Å². The summed E-state index contributed by atoms with van der Waals surface area (Å²) in [6, 6.07) is -1.23. The minimum atomic E-state index is -1.23. The van der Waals surface area contributed by atoms with Gasteiger partial charge >= 0.3 is 5.97 Å². The molecule has 0 heterocycles. The summed E-state index contributed by atoms with van der Waals surface area (Å²) in [5.74, 6) is -1.17. The summed E-state index contributed by atoms with van der Waals surface area (Å²) < 4.78 is 0. The molecular weight excluding hydrogens is 278 g/mol. The molecule has 4 heteroatoms. The number of hydrogen-bond acceptors (Lipinski definition) is 3. The first-order chi connectivity index (χ1) is 10.6. The van der Waals surface area contributed by atoms with Crippen LogP contribution >= 0.6 is 0 Å². The van der Waals surface area contributed by atoms with E-state index in [2.05, 4.69) is 6.92 Å². The van der Waals surface area contributed by atoms with Crippen LogP contribution in [-0.2, 0) is 4.79 Å². The first-order valence-electron chi connectivity index (χ1n) is 8.92. The van der Waals surface area contributed by atoms with Crippen LogP contribution in [0.1, 0.15) is 84.0 Å². The van der Waals surface area contributed by atoms with E-state index < -0.39 is 18.1 Å². The molecule has 130 valence electrons. The third kappa shape index (κ3) is 12.8. The van der Waals surface area contributed by atoms with Gasteiger partial charge in [0, 0.05) is 0 Å². The number of allylic oxidation sites excluding steroid dienone is 1. The molecule has 2 unspecified atom stereocenters. The average molecular weight is 313 g/mol. The summed E-state index contributed by atoms with van der Waals surface area (Å²) >= 11 is 0. The van der Waals surface area contributed by atoms with Crippen molar-refractivity contribution in [2.75, 3.05) is 0 Å². The molecule has 0 radical (unpaired) electrons. The zero-order chi connectivity index (χ0) is 16.6. The second kappa shape index (κ2) is 15.0. The largest absolute Gasteiger partial charge is 0.480 e. The Labute approximate surface area is 135 Å². The first-order valence-corrected chi connectivity index (χ1v) is 8.92. The molecule has 4 N–H and O–H groups in total. The molecule has 0 amide bonds. The van der Waals surface area contributed by atoms with E-state index in [1.807, 2.05) is 6.08 Å². The summed E-state index contributed by atoms with van der Waals surface area (Å²) in [6.45, 7) is 2.25. The topological polar surface area (TPSA) is 83.5 Å². The Balaban J connectivity index is 3.31. The molecule has 0 bridgehead atoms. The maximum Gasteiger partial charge on any atom is 0.323 e. The van der Waals surface area contributed by atoms with Crippen LogP contribution in [0.25, 0.3) is 0 Å². The summed E-state index contributed by atoms with van der Waals surface area (Å²) in [7, 11) is 0. The van der Waals surface area contributed by atoms with Crippen LogP contribution in [0.2, 0.25) is 0 Å². The molecule has 2 atom stereocenters. The number of carboxylic acid groups (broad SMARTS) is 1. The lowest BCUT2D eigenvalue weighted by molar-refractivity contribution is -0.140. The minimum absolute atomic E-state index is 0.875. The smallest absolute Gasteiger partial charge is 0.323 e. The molecule has 0 aliphatic carbocycles. The second-order valence-corrected chi connectivity index (χ2v) is 6.11. The maximum absolute atomic E-state index is 10.6. The van der Waals surface area contributed by atoms with Crippen LogP contribution in [0.4, 0.5) is 0 Å². The highest BCUT2D eigenvalue weighted by Crippen LogP contribution is 2.12. The van der Waals surface area contributed by atoms with Crippen molar-refractivity contribution in [3.05, 3.63) is 12.2 Å². The highest BCUT2D eigenvalue weighted by Gasteiger charge is 2.18. The van der Waals surface area contributed by atoms with Gasteiger partial charge < -0.3 is 15.9 Å². The number of unbranched alkanes of at least 4 members (excludes halogenated alkanes) is 11. The molecule has 0 aliphatic rings. The summed E-state index contributed by atoms with van der Waals surface area (Å²) in [4.78, 5) is 10.6. The third-order valence-electron chi connectivity index (χ3n) is 3.96. The van der Waals surface area contributed by atoms with E-state index in [1.165, 1.54) is 70.3 Å². The number of hydrogen-bond donors (Lipinski definition) is 3. The van der Waals surface area contributed by atoms with E-state index in [9.17, 15) is 9.90 Å². The van der Waals surface area contributed by atoms with Crippen molar-refractivity contribution >= 4 is 5.97 Å². The van der Waals surface area contributed by atoms with Crippen molar-refractivity contribution in [3.63, 3.8) is 0 Å². The average Bonchev–Trinajstić information content (AvgIpc) is 2.50. The Kier molecular flexibility index (Phi) is 14.4. The zero-order valence-electron chi connectivity index (χ0n) is 14.2. The van der Waals surface area contributed by atoms with E-state index in [0.717, 1.165) is 12.8 Å². The van der Waals surface area contributed by atoms with E-state index in [4.69, 9.17) is 10.8 Å². The van der Waals surface area contributed by atoms with Gasteiger partial charge in [0.15, 0.2) is 0 Å². The van der Waals surface area contributed by atoms with Crippen molar-refractivity contribution in [1.29, 1.82) is 0 Å². The zero-order valence-corrected chi connectivity index (χ0v) is 14.2. The summed E-state index contributed by atoms with van der Waals surface area (Å²) in [5, 5.41) is 18.1. The van der Waals surface area contributed by atoms with Gasteiger partial charge in [-0.3, -0.25) is 4.79 Å². The first kappa shape index (κ1) is 21.1. The van der Waals surface area contributed by atoms with E-state index in [-0.39, 0.29) is 0 Å². The number of aliphatic carboxylic acids is 1. The number of carboxylic acids is 1. The fraction of sp³-hybridized carbons (Fsp3) is 0.833. The molecule has 0 aromatic rings. The Morgan fingerprint density at radius 1 is 0.955 bits per heavy atom. The van der Waals surface area contributed by atoms with Crippen LogP contribution in [0.5, 0.6) is 0 Å². The monoisotopic (exact) mass is 313 g/mol. The van der Waals surface area contributed by atoms with Crippen molar-refractivity contribution in [1.82, 2.24) is 0 Å². The summed E-state index contributed by atoms with van der Waals surface area (Å²) in [6.07, 6.45) is 17.5. The number of rotatable bonds is 15. The van der Waals surface area contributed by atoms with Gasteiger partial charge in [0.05, 0.1) is 6.10 Å². The van der Waals surface area contributed by atoms with Crippen LogP contribution in [-0.4, -0.2) is 28.3 Å². The molecule has 0 fully saturated rings. The third-order valence-corrected chi connectivity index (χ3v) is 3.96. The fourth-order valence-electron chi connectivity index (χ4n) is 2.43. The number of nitrogens with two attached hydrogens (primary N) is 1. The minimum Gasteiger partial charge on any atom is -0.480 e. The lowest BCUT2D eigenvalue weighted by atomic mass is 10.0. The van der Waals surface area contributed by atoms with Crippen molar-refractivity contribution in [3.8, 4) is 0 Å². The molecule has 0 aliphatic heterocycles. The standard InChI is InChI=1S/C18H35NO3/c1-2-3-4-5-6-7-8-9-10-11-12-13-14-15-16(20)17(19)18(21)22/h14-17,20H,2-13,19H2,1H3,(H,21,22). The molecule has 0 aromatic carbocycles. The molecule has 4 nitrogen and oxygen atoms in total. The molecule has 0 spiro atoms. The predicted molar refractivity (Wildman–Crippen MR) is 91.8 cm³/mol. The predicted octanol–water partition coefficient (Wildman–Crippen LogP) is 4.02. The van der Waals surface area contributed by atoms with Gasteiger partial charge in [-0.15, -0.1) is 0 Å². The second-order valence-electron chi connectivity index (χ2n) is 6.11. The van der Waals surface area contributed by atoms with Gasteiger partial charge in [0.1, 0.15) is 6.04 Å². The lowest BCUT2D eigenvalue weighted by Gasteiger charge is -2.09. The fourth-order valence-corrected chi connectivity index (χ4v) is 2.43. The van der Waals surface area contributed by atoms with E-state index in [1.54, 1.807) is 0 Å². The molecular formula is C18H35NO3. The molecule has 0 rings (SSSR count). The molecule has 0 aromatic heterocycles. The van der Waals surface area contributed by atoms with Crippen LogP contribution in [0.3, 0.4) is 0 Å². The van der Waals surface area contributed by atoms with Crippen molar-refractivity contribution < 1.29 is 15.0 Å². The SMILES string of the molecule is CCCCCCCCCCCCCC=CC(O)C(N)C(=O)O. The van der Waals surface area contributed by atoms with Crippen molar-refractivity contribution in [2.45, 2.75) is 96.1 Å². The summed E-state index contributed by atoms with van der Waals surface area (Å²) in [5.41, 5.74) is 5.31. The normalized spacial score (nSPS) is 14.3. The van der Waals surface area contributed by atoms with Crippen LogP contribution in [0.15, 0.2) is 12.2 Å². The number of carbonyl (C=O) groups is 1. The molecule has 22 heavy (non-hydrogen) atoms. The molecule has 0 saturated carbocycles. The Morgan fingerprint density at radius 3 is 1.86 bits per heavy atom. The molecule has 0 saturated heterocycles. The van der Waals surface area contributed by atoms with Gasteiger partial charge in [-0.05, 0) is 12.8 Å².